The van der Waals surface area contributed by atoms with Crippen molar-refractivity contribution < 1.29 is 4.79 Å². The number of fused-ring (bicyclic) bond motifs is 1. The Morgan fingerprint density at radius 2 is 2.11 bits per heavy atom. The molecule has 0 spiro atoms. The van der Waals surface area contributed by atoms with E-state index in [9.17, 15) is 4.79 Å². The van der Waals surface area contributed by atoms with Gasteiger partial charge in [0.15, 0.2) is 0 Å². The van der Waals surface area contributed by atoms with E-state index in [1.54, 1.807) is 0 Å². The maximum absolute atomic E-state index is 12.1. The van der Waals surface area contributed by atoms with Crippen LogP contribution >= 0.6 is 15.9 Å². The fourth-order valence-corrected chi connectivity index (χ4v) is 2.57. The van der Waals surface area contributed by atoms with Gasteiger partial charge in [0.05, 0.1) is 11.3 Å². The van der Waals surface area contributed by atoms with Crippen molar-refractivity contribution in [2.75, 3.05) is 5.32 Å². The summed E-state index contributed by atoms with van der Waals surface area (Å²) >= 11 is 3.50. The third-order valence-electron chi connectivity index (χ3n) is 3.18. The van der Waals surface area contributed by atoms with Gasteiger partial charge in [-0.25, -0.2) is 0 Å². The molecule has 0 saturated heterocycles. The summed E-state index contributed by atoms with van der Waals surface area (Å²) in [6.45, 7) is 3.92. The minimum atomic E-state index is -0.0862. The SMILES string of the molecule is Cc1cc(C=C2C(=O)Nc3ccc(Br)c(C)c32)n[nH]1. The molecule has 0 radical (unpaired) electrons. The summed E-state index contributed by atoms with van der Waals surface area (Å²) in [7, 11) is 0. The van der Waals surface area contributed by atoms with E-state index in [0.717, 1.165) is 32.7 Å². The Labute approximate surface area is 119 Å². The molecule has 5 heteroatoms. The van der Waals surface area contributed by atoms with Crippen LogP contribution in [0.5, 0.6) is 0 Å². The number of aromatic amines is 1. The van der Waals surface area contributed by atoms with Gasteiger partial charge >= 0.3 is 0 Å². The predicted molar refractivity (Wildman–Crippen MR) is 78.7 cm³/mol. The molecule has 0 bridgehead atoms. The molecule has 0 fully saturated rings. The lowest BCUT2D eigenvalue weighted by atomic mass is 10.0. The Bertz CT molecular complexity index is 715. The Morgan fingerprint density at radius 3 is 2.79 bits per heavy atom. The van der Waals surface area contributed by atoms with Gasteiger partial charge in [0.25, 0.3) is 5.91 Å². The average molecular weight is 318 g/mol. The molecule has 96 valence electrons. The minimum absolute atomic E-state index is 0.0862. The van der Waals surface area contributed by atoms with Gasteiger partial charge in [0.2, 0.25) is 0 Å². The maximum atomic E-state index is 12.1. The highest BCUT2D eigenvalue weighted by Gasteiger charge is 2.26. The molecule has 2 aromatic rings. The van der Waals surface area contributed by atoms with Crippen LogP contribution in [0.2, 0.25) is 0 Å². The molecule has 4 nitrogen and oxygen atoms in total. The van der Waals surface area contributed by atoms with Crippen LogP contribution in [0.3, 0.4) is 0 Å². The summed E-state index contributed by atoms with van der Waals surface area (Å²) in [5, 5.41) is 9.89. The van der Waals surface area contributed by atoms with Crippen LogP contribution in [0.4, 0.5) is 5.69 Å². The summed E-state index contributed by atoms with van der Waals surface area (Å²) in [4.78, 5) is 12.1. The lowest BCUT2D eigenvalue weighted by Gasteiger charge is -2.05. The summed E-state index contributed by atoms with van der Waals surface area (Å²) in [6.07, 6.45) is 1.81. The Hall–Kier alpha value is -1.88. The predicted octanol–water partition coefficient (Wildman–Crippen LogP) is 3.28. The lowest BCUT2D eigenvalue weighted by molar-refractivity contribution is -0.110. The number of aromatic nitrogens is 2. The van der Waals surface area contributed by atoms with Gasteiger partial charge in [-0.3, -0.25) is 9.89 Å². The number of hydrogen-bond donors (Lipinski definition) is 2. The van der Waals surface area contributed by atoms with Gasteiger partial charge < -0.3 is 5.32 Å². The minimum Gasteiger partial charge on any atom is -0.321 e. The van der Waals surface area contributed by atoms with Gasteiger partial charge in [-0.2, -0.15) is 5.10 Å². The number of anilines is 1. The summed E-state index contributed by atoms with van der Waals surface area (Å²) < 4.78 is 0.992. The van der Waals surface area contributed by atoms with Crippen LogP contribution in [0.25, 0.3) is 11.6 Å². The molecule has 1 aliphatic rings. The second-order valence-electron chi connectivity index (χ2n) is 4.58. The monoisotopic (exact) mass is 317 g/mol. The van der Waals surface area contributed by atoms with Crippen molar-refractivity contribution in [3.05, 3.63) is 45.2 Å². The molecular formula is C14H12BrN3O. The van der Waals surface area contributed by atoms with Crippen LogP contribution in [0.15, 0.2) is 22.7 Å². The molecule has 0 saturated carbocycles. The van der Waals surface area contributed by atoms with Crippen LogP contribution in [-0.4, -0.2) is 16.1 Å². The molecule has 0 unspecified atom stereocenters. The zero-order chi connectivity index (χ0) is 13.6. The largest absolute Gasteiger partial charge is 0.321 e. The van der Waals surface area contributed by atoms with E-state index in [0.29, 0.717) is 5.57 Å². The number of amides is 1. The Balaban J connectivity index is 2.17. The first-order valence-corrected chi connectivity index (χ1v) is 6.70. The van der Waals surface area contributed by atoms with E-state index in [1.807, 2.05) is 38.1 Å². The Kier molecular flexibility index (Phi) is 2.78. The van der Waals surface area contributed by atoms with Crippen molar-refractivity contribution in [3.63, 3.8) is 0 Å². The average Bonchev–Trinajstić information content (AvgIpc) is 2.90. The van der Waals surface area contributed by atoms with Crippen molar-refractivity contribution in [1.29, 1.82) is 0 Å². The highest BCUT2D eigenvalue weighted by Crippen LogP contribution is 2.38. The molecule has 1 aliphatic heterocycles. The van der Waals surface area contributed by atoms with Crippen LogP contribution in [0, 0.1) is 13.8 Å². The van der Waals surface area contributed by atoms with Gasteiger partial charge in [0.1, 0.15) is 0 Å². The number of nitrogens with one attached hydrogen (secondary N) is 2. The van der Waals surface area contributed by atoms with Gasteiger partial charge in [-0.05, 0) is 43.7 Å². The highest BCUT2D eigenvalue weighted by atomic mass is 79.9. The quantitative estimate of drug-likeness (QED) is 0.793. The molecule has 3 rings (SSSR count). The zero-order valence-corrected chi connectivity index (χ0v) is 12.1. The number of hydrogen-bond acceptors (Lipinski definition) is 2. The van der Waals surface area contributed by atoms with E-state index < -0.39 is 0 Å². The highest BCUT2D eigenvalue weighted by molar-refractivity contribution is 9.10. The third-order valence-corrected chi connectivity index (χ3v) is 4.04. The van der Waals surface area contributed by atoms with E-state index >= 15 is 0 Å². The third kappa shape index (κ3) is 2.00. The molecule has 19 heavy (non-hydrogen) atoms. The molecule has 2 heterocycles. The lowest BCUT2D eigenvalue weighted by Crippen LogP contribution is -2.03. The molecule has 0 atom stereocenters. The number of benzene rings is 1. The van der Waals surface area contributed by atoms with E-state index in [-0.39, 0.29) is 5.91 Å². The van der Waals surface area contributed by atoms with E-state index in [1.165, 1.54) is 0 Å². The fourth-order valence-electron chi connectivity index (χ4n) is 2.24. The summed E-state index contributed by atoms with van der Waals surface area (Å²) in [5.74, 6) is -0.0862. The van der Waals surface area contributed by atoms with Crippen LogP contribution in [-0.2, 0) is 4.79 Å². The van der Waals surface area contributed by atoms with Crippen LogP contribution in [0.1, 0.15) is 22.5 Å². The number of nitrogens with zero attached hydrogens (tertiary/aromatic N) is 1. The summed E-state index contributed by atoms with van der Waals surface area (Å²) in [6, 6.07) is 5.75. The van der Waals surface area contributed by atoms with E-state index in [4.69, 9.17) is 0 Å². The number of carbonyl (C=O) groups is 1. The zero-order valence-electron chi connectivity index (χ0n) is 10.5. The topological polar surface area (TPSA) is 57.8 Å². The number of halogens is 1. The summed E-state index contributed by atoms with van der Waals surface area (Å²) in [5.41, 5.74) is 5.23. The first-order chi connectivity index (χ1) is 9.06. The second kappa shape index (κ2) is 4.35. The second-order valence-corrected chi connectivity index (χ2v) is 5.44. The normalized spacial score (nSPS) is 15.7. The molecule has 1 amide bonds. The van der Waals surface area contributed by atoms with Crippen molar-refractivity contribution in [1.82, 2.24) is 10.2 Å². The molecular weight excluding hydrogens is 306 g/mol. The first-order valence-electron chi connectivity index (χ1n) is 5.91. The standard InChI is InChI=1S/C14H12BrN3O/c1-7-5-9(18-17-7)6-10-13-8(2)11(15)3-4-12(13)16-14(10)19/h3-6H,1-2H3,(H,16,19)(H,17,18). The molecule has 0 aliphatic carbocycles. The molecule has 2 N–H and O–H groups in total. The van der Waals surface area contributed by atoms with Gasteiger partial charge in [0, 0.05) is 21.4 Å². The van der Waals surface area contributed by atoms with Gasteiger partial charge in [-0.1, -0.05) is 15.9 Å². The fraction of sp³-hybridized carbons (Fsp3) is 0.143. The first kappa shape index (κ1) is 12.2. The number of rotatable bonds is 1. The smallest absolute Gasteiger partial charge is 0.256 e. The van der Waals surface area contributed by atoms with E-state index in [2.05, 4.69) is 31.4 Å². The van der Waals surface area contributed by atoms with Crippen molar-refractivity contribution in [2.45, 2.75) is 13.8 Å². The Morgan fingerprint density at radius 1 is 1.32 bits per heavy atom. The number of carbonyl (C=O) groups excluding carboxylic acids is 1. The molecule has 1 aromatic heterocycles. The van der Waals surface area contributed by atoms with Crippen molar-refractivity contribution in [2.24, 2.45) is 0 Å². The van der Waals surface area contributed by atoms with Crippen molar-refractivity contribution in [3.8, 4) is 0 Å². The number of aryl methyl sites for hydroxylation is 1. The van der Waals surface area contributed by atoms with Crippen molar-refractivity contribution >= 4 is 39.2 Å². The van der Waals surface area contributed by atoms with Crippen LogP contribution < -0.4 is 5.32 Å². The number of H-pyrrole nitrogens is 1. The van der Waals surface area contributed by atoms with Gasteiger partial charge in [-0.15, -0.1) is 0 Å². The molecule has 1 aromatic carbocycles. The maximum Gasteiger partial charge on any atom is 0.256 e.